The van der Waals surface area contributed by atoms with E-state index in [0.29, 0.717) is 16.8 Å². The minimum atomic E-state index is -0.417. The van der Waals surface area contributed by atoms with Crippen LogP contribution in [0.1, 0.15) is 28.1 Å². The lowest BCUT2D eigenvalue weighted by Gasteiger charge is -2.06. The molecule has 0 spiro atoms. The average Bonchev–Trinajstić information content (AvgIpc) is 3.10. The Kier molecular flexibility index (Phi) is 5.36. The molecule has 0 saturated heterocycles. The highest BCUT2D eigenvalue weighted by Gasteiger charge is 2.19. The van der Waals surface area contributed by atoms with Gasteiger partial charge in [-0.15, -0.1) is 0 Å². The first kappa shape index (κ1) is 20.1. The zero-order chi connectivity index (χ0) is 22.0. The molecule has 0 saturated carbocycles. The van der Waals surface area contributed by atoms with Crippen LogP contribution in [0.4, 0.5) is 5.69 Å². The van der Waals surface area contributed by atoms with Crippen LogP contribution < -0.4 is 16.4 Å². The van der Waals surface area contributed by atoms with Crippen molar-refractivity contribution in [1.29, 1.82) is 0 Å². The molecule has 2 aromatic carbocycles. The second-order valence-corrected chi connectivity index (χ2v) is 7.06. The molecule has 8 heteroatoms. The molecule has 2 aromatic heterocycles. The Morgan fingerprint density at radius 3 is 2.58 bits per heavy atom. The number of nitrogens with one attached hydrogen (secondary N) is 2. The number of aryl methyl sites for hydroxylation is 2. The van der Waals surface area contributed by atoms with Gasteiger partial charge < -0.3 is 9.73 Å². The Labute approximate surface area is 176 Å². The van der Waals surface area contributed by atoms with E-state index in [2.05, 4.69) is 10.4 Å². The number of amides is 1. The summed E-state index contributed by atoms with van der Waals surface area (Å²) in [5.41, 5.74) is 1.44. The van der Waals surface area contributed by atoms with Gasteiger partial charge in [0.2, 0.25) is 11.7 Å². The number of nitrogens with zero attached hydrogens (tertiary/aromatic N) is 1. The number of carbonyl (C=O) groups is 2. The average molecular weight is 417 g/mol. The molecule has 1 amide bonds. The third-order valence-corrected chi connectivity index (χ3v) is 4.92. The highest BCUT2D eigenvalue weighted by Crippen LogP contribution is 2.29. The lowest BCUT2D eigenvalue weighted by Crippen LogP contribution is -2.29. The van der Waals surface area contributed by atoms with Gasteiger partial charge in [0.05, 0.1) is 6.54 Å². The second kappa shape index (κ2) is 8.27. The maximum absolute atomic E-state index is 12.8. The van der Waals surface area contributed by atoms with Gasteiger partial charge >= 0.3 is 0 Å². The van der Waals surface area contributed by atoms with Crippen LogP contribution in [0.15, 0.2) is 74.7 Å². The highest BCUT2D eigenvalue weighted by atomic mass is 16.3. The maximum atomic E-state index is 12.8. The summed E-state index contributed by atoms with van der Waals surface area (Å²) in [4.78, 5) is 48.1. The molecule has 0 atom stereocenters. The van der Waals surface area contributed by atoms with E-state index in [0.717, 1.165) is 27.8 Å². The first-order valence-electron chi connectivity index (χ1n) is 9.65. The smallest absolute Gasteiger partial charge is 0.265 e. The van der Waals surface area contributed by atoms with Gasteiger partial charge in [0, 0.05) is 46.8 Å². The van der Waals surface area contributed by atoms with Crippen LogP contribution in [0.2, 0.25) is 0 Å². The third-order valence-electron chi connectivity index (χ3n) is 4.92. The van der Waals surface area contributed by atoms with Crippen molar-refractivity contribution >= 4 is 28.3 Å². The summed E-state index contributed by atoms with van der Waals surface area (Å²) < 4.78 is 6.90. The largest absolute Gasteiger partial charge is 0.452 e. The van der Waals surface area contributed by atoms with Crippen molar-refractivity contribution in [3.63, 3.8) is 0 Å². The second-order valence-electron chi connectivity index (χ2n) is 7.06. The van der Waals surface area contributed by atoms with Gasteiger partial charge in [-0.05, 0) is 19.1 Å². The van der Waals surface area contributed by atoms with Crippen LogP contribution >= 0.6 is 0 Å². The maximum Gasteiger partial charge on any atom is 0.265 e. The van der Waals surface area contributed by atoms with E-state index < -0.39 is 11.1 Å². The van der Waals surface area contributed by atoms with E-state index >= 15 is 0 Å². The quantitative estimate of drug-likeness (QED) is 0.468. The zero-order valence-corrected chi connectivity index (χ0v) is 16.7. The van der Waals surface area contributed by atoms with Gasteiger partial charge in [-0.1, -0.05) is 30.3 Å². The Morgan fingerprint density at radius 2 is 1.81 bits per heavy atom. The van der Waals surface area contributed by atoms with Gasteiger partial charge in [-0.25, -0.2) is 4.68 Å². The molecule has 0 bridgehead atoms. The molecule has 4 rings (SSSR count). The number of ketones is 1. The Hall–Kier alpha value is -4.20. The summed E-state index contributed by atoms with van der Waals surface area (Å²) in [7, 11) is 0. The number of anilines is 1. The fourth-order valence-corrected chi connectivity index (χ4v) is 3.31. The van der Waals surface area contributed by atoms with Gasteiger partial charge in [0.15, 0.2) is 5.76 Å². The van der Waals surface area contributed by atoms with Crippen LogP contribution in [-0.2, 0) is 11.3 Å². The fourth-order valence-electron chi connectivity index (χ4n) is 3.31. The summed E-state index contributed by atoms with van der Waals surface area (Å²) in [6.45, 7) is 1.86. The number of benzene rings is 2. The number of aromatic amines is 1. The van der Waals surface area contributed by atoms with E-state index in [9.17, 15) is 19.2 Å². The Bertz CT molecular complexity index is 1400. The molecular weight excluding hydrogens is 398 g/mol. The fraction of sp³-hybridized carbons (Fsp3) is 0.130. The molecule has 0 aliphatic rings. The van der Waals surface area contributed by atoms with Gasteiger partial charge in [0.1, 0.15) is 5.58 Å². The van der Waals surface area contributed by atoms with Crippen molar-refractivity contribution in [3.8, 4) is 0 Å². The number of rotatable bonds is 6. The monoisotopic (exact) mass is 417 g/mol. The van der Waals surface area contributed by atoms with Crippen molar-refractivity contribution in [2.45, 2.75) is 19.9 Å². The third kappa shape index (κ3) is 4.23. The molecule has 0 unspecified atom stereocenters. The normalized spacial score (nSPS) is 10.9. The van der Waals surface area contributed by atoms with E-state index in [1.54, 1.807) is 42.5 Å². The Morgan fingerprint density at radius 1 is 1.03 bits per heavy atom. The lowest BCUT2D eigenvalue weighted by atomic mass is 10.0. The molecular formula is C23H19N3O5. The molecule has 156 valence electrons. The molecule has 4 aromatic rings. The predicted octanol–water partition coefficient (Wildman–Crippen LogP) is 2.85. The summed E-state index contributed by atoms with van der Waals surface area (Å²) in [6.07, 6.45) is -0.00712. The number of furan rings is 1. The number of carbonyl (C=O) groups excluding carboxylic acids is 2. The van der Waals surface area contributed by atoms with Crippen LogP contribution in [0.5, 0.6) is 0 Å². The molecule has 2 N–H and O–H groups in total. The van der Waals surface area contributed by atoms with Crippen LogP contribution in [0.3, 0.4) is 0 Å². The van der Waals surface area contributed by atoms with Crippen molar-refractivity contribution in [2.24, 2.45) is 0 Å². The molecule has 8 nitrogen and oxygen atoms in total. The molecule has 31 heavy (non-hydrogen) atoms. The van der Waals surface area contributed by atoms with Gasteiger partial charge in [-0.2, -0.15) is 0 Å². The summed E-state index contributed by atoms with van der Waals surface area (Å²) >= 11 is 0. The Balaban J connectivity index is 1.51. The minimum Gasteiger partial charge on any atom is -0.452 e. The number of H-pyrrole nitrogens is 1. The van der Waals surface area contributed by atoms with Crippen molar-refractivity contribution < 1.29 is 14.0 Å². The zero-order valence-electron chi connectivity index (χ0n) is 16.7. The standard InChI is InChI=1S/C23H19N3O5/c1-14-17-8-7-16(24-19(27)11-12-26-21(29)10-9-20(28)25-26)13-18(17)31-23(14)22(30)15-5-3-2-4-6-15/h2-10,13H,11-12H2,1H3,(H,24,27)(H,25,28). The first-order valence-corrected chi connectivity index (χ1v) is 9.65. The molecule has 0 fully saturated rings. The number of hydrogen-bond donors (Lipinski definition) is 2. The van der Waals surface area contributed by atoms with Crippen molar-refractivity contribution in [1.82, 2.24) is 9.78 Å². The number of fused-ring (bicyclic) bond motifs is 1. The van der Waals surface area contributed by atoms with Crippen LogP contribution in [0.25, 0.3) is 11.0 Å². The van der Waals surface area contributed by atoms with Crippen LogP contribution in [-0.4, -0.2) is 21.5 Å². The molecule has 0 aliphatic heterocycles. The topological polar surface area (TPSA) is 114 Å². The number of aromatic nitrogens is 2. The van der Waals surface area contributed by atoms with Crippen LogP contribution in [0, 0.1) is 6.92 Å². The van der Waals surface area contributed by atoms with E-state index in [1.165, 1.54) is 0 Å². The minimum absolute atomic E-state index is 0.00712. The van der Waals surface area contributed by atoms with Crippen molar-refractivity contribution in [3.05, 3.63) is 98.3 Å². The molecule has 0 radical (unpaired) electrons. The summed E-state index contributed by atoms with van der Waals surface area (Å²) in [5, 5.41) is 5.89. The van der Waals surface area contributed by atoms with E-state index in [4.69, 9.17) is 4.42 Å². The lowest BCUT2D eigenvalue weighted by molar-refractivity contribution is -0.116. The van der Waals surface area contributed by atoms with Crippen molar-refractivity contribution in [2.75, 3.05) is 5.32 Å². The summed E-state index contributed by atoms with van der Waals surface area (Å²) in [6, 6.07) is 16.3. The van der Waals surface area contributed by atoms with Gasteiger partial charge in [0.25, 0.3) is 11.1 Å². The first-order chi connectivity index (χ1) is 14.9. The molecule has 2 heterocycles. The SMILES string of the molecule is Cc1c(C(=O)c2ccccc2)oc2cc(NC(=O)CCn3[nH]c(=O)ccc3=O)ccc12. The van der Waals surface area contributed by atoms with E-state index in [1.807, 2.05) is 13.0 Å². The van der Waals surface area contributed by atoms with Gasteiger partial charge in [-0.3, -0.25) is 24.3 Å². The number of hydrogen-bond acceptors (Lipinski definition) is 5. The molecule has 0 aliphatic carbocycles. The highest BCUT2D eigenvalue weighted by molar-refractivity contribution is 6.10. The van der Waals surface area contributed by atoms with E-state index in [-0.39, 0.29) is 30.4 Å². The summed E-state index contributed by atoms with van der Waals surface area (Å²) in [5.74, 6) is -0.279. The predicted molar refractivity (Wildman–Crippen MR) is 115 cm³/mol.